The molecule has 0 atom stereocenters. The zero-order valence-electron chi connectivity index (χ0n) is 13.4. The summed E-state index contributed by atoms with van der Waals surface area (Å²) in [7, 11) is 0. The fraction of sp³-hybridized carbons (Fsp3) is 0.250. The third kappa shape index (κ3) is 5.48. The van der Waals surface area contributed by atoms with Crippen LogP contribution in [0, 0.1) is 11.8 Å². The monoisotopic (exact) mass is 373 g/mol. The summed E-state index contributed by atoms with van der Waals surface area (Å²) >= 11 is 16.9. The van der Waals surface area contributed by atoms with Gasteiger partial charge in [-0.2, -0.15) is 4.99 Å². The minimum absolute atomic E-state index is 0.412. The normalized spacial score (nSPS) is 9.79. The lowest BCUT2D eigenvalue weighted by atomic mass is 10.1. The van der Waals surface area contributed by atoms with Crippen LogP contribution in [-0.2, 0) is 6.42 Å². The Bertz CT molecular complexity index is 787. The summed E-state index contributed by atoms with van der Waals surface area (Å²) in [6.45, 7) is 2.21. The zero-order chi connectivity index (χ0) is 17.4. The number of thiocarbonyl (C=S) groups is 1. The number of hydrogen-bond acceptors (Lipinski definition) is 2. The van der Waals surface area contributed by atoms with E-state index in [1.54, 1.807) is 12.1 Å². The molecule has 0 aromatic heterocycles. The Kier molecular flexibility index (Phi) is 7.50. The van der Waals surface area contributed by atoms with Crippen molar-refractivity contribution in [2.75, 3.05) is 0 Å². The van der Waals surface area contributed by atoms with E-state index < -0.39 is 0 Å². The summed E-state index contributed by atoms with van der Waals surface area (Å²) in [5, 5.41) is 3.09. The molecule has 4 heteroatoms. The Balaban J connectivity index is 2.13. The van der Waals surface area contributed by atoms with Crippen LogP contribution in [0.5, 0.6) is 0 Å². The molecule has 0 aliphatic heterocycles. The second-order valence-electron chi connectivity index (χ2n) is 5.40. The highest BCUT2D eigenvalue weighted by Crippen LogP contribution is 2.33. The number of rotatable bonds is 5. The third-order valence-electron chi connectivity index (χ3n) is 3.55. The van der Waals surface area contributed by atoms with E-state index in [4.69, 9.17) is 23.2 Å². The largest absolute Gasteiger partial charge is 0.192 e. The summed E-state index contributed by atoms with van der Waals surface area (Å²) < 4.78 is 0. The predicted octanol–water partition coefficient (Wildman–Crippen LogP) is 6.86. The molecule has 122 valence electrons. The van der Waals surface area contributed by atoms with Gasteiger partial charge in [0.15, 0.2) is 0 Å². The van der Waals surface area contributed by atoms with Gasteiger partial charge in [0.1, 0.15) is 5.69 Å². The summed E-state index contributed by atoms with van der Waals surface area (Å²) in [5.74, 6) is 6.20. The summed E-state index contributed by atoms with van der Waals surface area (Å²) in [6.07, 6.45) is 4.86. The first-order chi connectivity index (χ1) is 11.6. The highest BCUT2D eigenvalue weighted by molar-refractivity contribution is 7.78. The van der Waals surface area contributed by atoms with Gasteiger partial charge in [0, 0.05) is 11.1 Å². The SMILES string of the molecule is CCCCCc1ccc(C#Cc2cc(Cl)c(N=C=S)c(Cl)c2)cc1. The van der Waals surface area contributed by atoms with E-state index in [0.717, 1.165) is 17.5 Å². The molecule has 0 saturated heterocycles. The van der Waals surface area contributed by atoms with Crippen LogP contribution in [0.2, 0.25) is 10.0 Å². The van der Waals surface area contributed by atoms with Gasteiger partial charge in [-0.25, -0.2) is 0 Å². The number of halogens is 2. The van der Waals surface area contributed by atoms with E-state index in [1.165, 1.54) is 24.8 Å². The minimum atomic E-state index is 0.412. The molecule has 0 heterocycles. The van der Waals surface area contributed by atoms with Crippen molar-refractivity contribution in [3.63, 3.8) is 0 Å². The van der Waals surface area contributed by atoms with Crippen LogP contribution in [0.25, 0.3) is 0 Å². The molecule has 24 heavy (non-hydrogen) atoms. The standard InChI is InChI=1S/C20H17Cl2NS/c1-2-3-4-5-15-6-8-16(9-7-15)10-11-17-12-18(21)20(23-14-24)19(22)13-17/h6-9,12-13H,2-5H2,1H3. The molecule has 2 aromatic carbocycles. The maximum absolute atomic E-state index is 6.14. The molecule has 1 nitrogen and oxygen atoms in total. The topological polar surface area (TPSA) is 12.4 Å². The second kappa shape index (κ2) is 9.62. The lowest BCUT2D eigenvalue weighted by Crippen LogP contribution is -1.85. The van der Waals surface area contributed by atoms with E-state index in [2.05, 4.69) is 53.3 Å². The van der Waals surface area contributed by atoms with E-state index in [-0.39, 0.29) is 0 Å². The fourth-order valence-electron chi connectivity index (χ4n) is 2.27. The minimum Gasteiger partial charge on any atom is -0.192 e. The molecule has 0 amide bonds. The molecule has 0 unspecified atom stereocenters. The zero-order valence-corrected chi connectivity index (χ0v) is 15.7. The summed E-state index contributed by atoms with van der Waals surface area (Å²) in [4.78, 5) is 3.86. The van der Waals surface area contributed by atoms with Crippen molar-refractivity contribution in [3.8, 4) is 11.8 Å². The van der Waals surface area contributed by atoms with Crippen LogP contribution < -0.4 is 0 Å². The van der Waals surface area contributed by atoms with Crippen LogP contribution in [0.1, 0.15) is 42.9 Å². The fourth-order valence-corrected chi connectivity index (χ4v) is 2.93. The second-order valence-corrected chi connectivity index (χ2v) is 6.39. The first kappa shape index (κ1) is 18.7. The third-order valence-corrected chi connectivity index (χ3v) is 4.22. The average Bonchev–Trinajstić information content (AvgIpc) is 2.58. The molecule has 0 bridgehead atoms. The van der Waals surface area contributed by atoms with Gasteiger partial charge in [-0.05, 0) is 54.9 Å². The van der Waals surface area contributed by atoms with Gasteiger partial charge in [-0.1, -0.05) is 66.9 Å². The van der Waals surface area contributed by atoms with Gasteiger partial charge in [0.25, 0.3) is 0 Å². The van der Waals surface area contributed by atoms with E-state index in [9.17, 15) is 0 Å². The van der Waals surface area contributed by atoms with Gasteiger partial charge in [0.05, 0.1) is 15.2 Å². The first-order valence-electron chi connectivity index (χ1n) is 7.82. The maximum Gasteiger partial charge on any atom is 0.111 e. The smallest absolute Gasteiger partial charge is 0.111 e. The Hall–Kier alpha value is -1.62. The van der Waals surface area contributed by atoms with Crippen LogP contribution in [0.15, 0.2) is 41.4 Å². The van der Waals surface area contributed by atoms with E-state index in [0.29, 0.717) is 15.7 Å². The highest BCUT2D eigenvalue weighted by atomic mass is 35.5. The molecule has 0 N–H and O–H groups in total. The van der Waals surface area contributed by atoms with Crippen molar-refractivity contribution in [3.05, 3.63) is 63.1 Å². The van der Waals surface area contributed by atoms with Crippen molar-refractivity contribution in [1.82, 2.24) is 0 Å². The van der Waals surface area contributed by atoms with Crippen LogP contribution in [0.4, 0.5) is 5.69 Å². The predicted molar refractivity (Wildman–Crippen MR) is 107 cm³/mol. The van der Waals surface area contributed by atoms with Gasteiger partial charge >= 0.3 is 0 Å². The lowest BCUT2D eigenvalue weighted by molar-refractivity contribution is 0.717. The lowest BCUT2D eigenvalue weighted by Gasteiger charge is -2.01. The van der Waals surface area contributed by atoms with Gasteiger partial charge in [0.2, 0.25) is 0 Å². The molecule has 2 aromatic rings. The number of hydrogen-bond donors (Lipinski definition) is 0. The van der Waals surface area contributed by atoms with Crippen molar-refractivity contribution in [1.29, 1.82) is 0 Å². The van der Waals surface area contributed by atoms with Crippen molar-refractivity contribution < 1.29 is 0 Å². The molecule has 0 radical (unpaired) electrons. The first-order valence-corrected chi connectivity index (χ1v) is 8.98. The van der Waals surface area contributed by atoms with E-state index in [1.807, 2.05) is 12.1 Å². The number of unbranched alkanes of at least 4 members (excludes halogenated alkanes) is 2. The quantitative estimate of drug-likeness (QED) is 0.241. The Labute approximate surface area is 158 Å². The molecule has 0 spiro atoms. The van der Waals surface area contributed by atoms with Gasteiger partial charge in [-0.3, -0.25) is 0 Å². The summed E-state index contributed by atoms with van der Waals surface area (Å²) in [6, 6.07) is 11.8. The molecule has 0 saturated carbocycles. The number of isothiocyanates is 1. The molecular weight excluding hydrogens is 357 g/mol. The molecule has 0 aliphatic carbocycles. The summed E-state index contributed by atoms with van der Waals surface area (Å²) in [5.41, 5.74) is 3.47. The number of aryl methyl sites for hydroxylation is 1. The van der Waals surface area contributed by atoms with Crippen molar-refractivity contribution in [2.24, 2.45) is 4.99 Å². The Morgan fingerprint density at radius 1 is 0.958 bits per heavy atom. The van der Waals surface area contributed by atoms with Gasteiger partial charge < -0.3 is 0 Å². The van der Waals surface area contributed by atoms with Crippen molar-refractivity contribution in [2.45, 2.75) is 32.6 Å². The molecule has 2 rings (SSSR count). The highest BCUT2D eigenvalue weighted by Gasteiger charge is 2.06. The molecular formula is C20H17Cl2NS. The van der Waals surface area contributed by atoms with Crippen molar-refractivity contribution >= 4 is 46.3 Å². The van der Waals surface area contributed by atoms with E-state index >= 15 is 0 Å². The number of benzene rings is 2. The molecule has 0 fully saturated rings. The van der Waals surface area contributed by atoms with Crippen LogP contribution >= 0.6 is 35.4 Å². The van der Waals surface area contributed by atoms with Crippen LogP contribution in [0.3, 0.4) is 0 Å². The Morgan fingerprint density at radius 3 is 2.17 bits per heavy atom. The number of nitrogens with zero attached hydrogens (tertiary/aromatic N) is 1. The molecule has 0 aliphatic rings. The number of aliphatic imine (C=N–C) groups is 1. The van der Waals surface area contributed by atoms with Crippen LogP contribution in [-0.4, -0.2) is 5.16 Å². The Morgan fingerprint density at radius 2 is 1.58 bits per heavy atom. The average molecular weight is 374 g/mol. The maximum atomic E-state index is 6.14. The van der Waals surface area contributed by atoms with Gasteiger partial charge in [-0.15, -0.1) is 0 Å².